The number of nitrogens with one attached hydrogen (secondary N) is 1. The highest BCUT2D eigenvalue weighted by molar-refractivity contribution is 7.99. The van der Waals surface area contributed by atoms with E-state index in [0.29, 0.717) is 29.1 Å². The van der Waals surface area contributed by atoms with E-state index in [0.717, 1.165) is 17.7 Å². The van der Waals surface area contributed by atoms with Crippen molar-refractivity contribution in [2.75, 3.05) is 11.1 Å². The van der Waals surface area contributed by atoms with Gasteiger partial charge in [0.05, 0.1) is 12.3 Å². The Morgan fingerprint density at radius 2 is 1.88 bits per heavy atom. The Hall–Kier alpha value is -3.59. The van der Waals surface area contributed by atoms with Crippen LogP contribution in [0.15, 0.2) is 70.3 Å². The number of thioether (sulfide) groups is 1. The predicted molar refractivity (Wildman–Crippen MR) is 126 cm³/mol. The van der Waals surface area contributed by atoms with Crippen LogP contribution in [-0.2, 0) is 24.4 Å². The van der Waals surface area contributed by atoms with Gasteiger partial charge in [0, 0.05) is 6.07 Å². The van der Waals surface area contributed by atoms with Gasteiger partial charge in [-0.15, -0.1) is 10.2 Å². The Labute approximate surface area is 196 Å². The summed E-state index contributed by atoms with van der Waals surface area (Å²) in [6, 6.07) is 19.8. The molecule has 0 aliphatic carbocycles. The molecule has 0 bridgehead atoms. The van der Waals surface area contributed by atoms with Gasteiger partial charge in [-0.1, -0.05) is 66.3 Å². The highest BCUT2D eigenvalue weighted by Crippen LogP contribution is 2.21. The molecule has 9 heteroatoms. The average molecular weight is 464 g/mol. The summed E-state index contributed by atoms with van der Waals surface area (Å²) in [7, 11) is 0. The summed E-state index contributed by atoms with van der Waals surface area (Å²) < 4.78 is 12.9. The van der Waals surface area contributed by atoms with Gasteiger partial charge in [-0.05, 0) is 36.6 Å². The number of nitrogens with zero attached hydrogens (tertiary/aromatic N) is 4. The number of carbonyl (C=O) groups excluding carboxylic acids is 1. The normalized spacial score (nSPS) is 10.8. The molecule has 8 nitrogen and oxygen atoms in total. The largest absolute Gasteiger partial charge is 0.486 e. The fraction of sp³-hybridized carbons (Fsp3) is 0.250. The summed E-state index contributed by atoms with van der Waals surface area (Å²) in [5.41, 5.74) is 2.36. The molecule has 0 aliphatic heterocycles. The highest BCUT2D eigenvalue weighted by atomic mass is 32.2. The number of amides is 1. The maximum absolute atomic E-state index is 12.3. The molecule has 4 aromatic rings. The van der Waals surface area contributed by atoms with Crippen molar-refractivity contribution >= 4 is 23.5 Å². The molecule has 0 radical (unpaired) electrons. The van der Waals surface area contributed by atoms with Gasteiger partial charge in [-0.2, -0.15) is 0 Å². The van der Waals surface area contributed by atoms with Crippen molar-refractivity contribution in [2.24, 2.45) is 0 Å². The van der Waals surface area contributed by atoms with Crippen molar-refractivity contribution in [3.63, 3.8) is 0 Å². The highest BCUT2D eigenvalue weighted by Gasteiger charge is 2.16. The zero-order chi connectivity index (χ0) is 23.0. The lowest BCUT2D eigenvalue weighted by Gasteiger charge is -2.11. The van der Waals surface area contributed by atoms with Crippen LogP contribution < -0.4 is 10.1 Å². The maximum atomic E-state index is 12.3. The topological polar surface area (TPSA) is 95.1 Å². The van der Waals surface area contributed by atoms with Crippen LogP contribution in [0.1, 0.15) is 29.6 Å². The van der Waals surface area contributed by atoms with Gasteiger partial charge >= 0.3 is 0 Å². The van der Waals surface area contributed by atoms with Gasteiger partial charge in [-0.25, -0.2) is 0 Å². The van der Waals surface area contributed by atoms with E-state index in [9.17, 15) is 4.79 Å². The molecule has 1 N–H and O–H groups in total. The zero-order valence-corrected chi connectivity index (χ0v) is 19.3. The number of benzene rings is 2. The SMILES string of the molecule is CCc1ccc(OCc2nnc(SCC(=O)Nc3cc(C)on3)n2Cc2ccccc2)cc1. The second kappa shape index (κ2) is 10.8. The summed E-state index contributed by atoms with van der Waals surface area (Å²) in [6.07, 6.45) is 0.982. The number of aryl methyl sites for hydroxylation is 2. The number of aromatic nitrogens is 4. The Bertz CT molecular complexity index is 1190. The molecule has 1 amide bonds. The van der Waals surface area contributed by atoms with Gasteiger partial charge in [0.2, 0.25) is 5.91 Å². The van der Waals surface area contributed by atoms with E-state index in [-0.39, 0.29) is 18.3 Å². The maximum Gasteiger partial charge on any atom is 0.236 e. The van der Waals surface area contributed by atoms with E-state index >= 15 is 0 Å². The standard InChI is InChI=1S/C24H25N5O3S/c1-3-18-9-11-20(12-10-18)31-15-22-26-27-24(29(22)14-19-7-5-4-6-8-19)33-16-23(30)25-21-13-17(2)32-28-21/h4-13H,3,14-16H2,1-2H3,(H,25,28,30). The molecule has 170 valence electrons. The van der Waals surface area contributed by atoms with E-state index in [1.54, 1.807) is 13.0 Å². The molecule has 2 heterocycles. The molecule has 0 aliphatic rings. The number of hydrogen-bond acceptors (Lipinski definition) is 7. The molecule has 0 spiro atoms. The molecule has 0 fully saturated rings. The second-order valence-electron chi connectivity index (χ2n) is 7.42. The third kappa shape index (κ3) is 6.23. The molecule has 0 atom stereocenters. The van der Waals surface area contributed by atoms with E-state index in [1.807, 2.05) is 47.0 Å². The lowest BCUT2D eigenvalue weighted by Crippen LogP contribution is -2.15. The first-order valence-electron chi connectivity index (χ1n) is 10.6. The number of rotatable bonds is 10. The Morgan fingerprint density at radius 1 is 1.09 bits per heavy atom. The second-order valence-corrected chi connectivity index (χ2v) is 8.36. The molecule has 0 saturated heterocycles. The van der Waals surface area contributed by atoms with Crippen molar-refractivity contribution in [3.8, 4) is 5.75 Å². The van der Waals surface area contributed by atoms with E-state index in [1.165, 1.54) is 17.3 Å². The lowest BCUT2D eigenvalue weighted by molar-refractivity contribution is -0.113. The molecular weight excluding hydrogens is 438 g/mol. The first-order chi connectivity index (χ1) is 16.1. The minimum absolute atomic E-state index is 0.165. The molecule has 4 rings (SSSR count). The third-order valence-corrected chi connectivity index (χ3v) is 5.87. The van der Waals surface area contributed by atoms with E-state index < -0.39 is 0 Å². The molecular formula is C24H25N5O3S. The summed E-state index contributed by atoms with van der Waals surface area (Å²) >= 11 is 1.31. The smallest absolute Gasteiger partial charge is 0.236 e. The van der Waals surface area contributed by atoms with Gasteiger partial charge in [0.1, 0.15) is 18.1 Å². The summed E-state index contributed by atoms with van der Waals surface area (Å²) in [5, 5.41) is 15.8. The van der Waals surface area contributed by atoms with E-state index in [2.05, 4.69) is 39.7 Å². The third-order valence-electron chi connectivity index (χ3n) is 4.90. The van der Waals surface area contributed by atoms with E-state index in [4.69, 9.17) is 9.26 Å². The van der Waals surface area contributed by atoms with Crippen LogP contribution in [0.25, 0.3) is 0 Å². The van der Waals surface area contributed by atoms with Gasteiger partial charge in [0.15, 0.2) is 16.8 Å². The molecule has 0 unspecified atom stereocenters. The molecule has 33 heavy (non-hydrogen) atoms. The van der Waals surface area contributed by atoms with Crippen molar-refractivity contribution < 1.29 is 14.1 Å². The minimum Gasteiger partial charge on any atom is -0.486 e. The van der Waals surface area contributed by atoms with Crippen LogP contribution in [0.2, 0.25) is 0 Å². The van der Waals surface area contributed by atoms with Crippen LogP contribution in [0, 0.1) is 6.92 Å². The monoisotopic (exact) mass is 463 g/mol. The van der Waals surface area contributed by atoms with Crippen molar-refractivity contribution in [1.82, 2.24) is 19.9 Å². The number of anilines is 1. The van der Waals surface area contributed by atoms with Crippen LogP contribution in [-0.4, -0.2) is 31.6 Å². The number of ether oxygens (including phenoxy) is 1. The summed E-state index contributed by atoms with van der Waals surface area (Å²) in [5.74, 6) is 2.46. The Kier molecular flexibility index (Phi) is 7.41. The van der Waals surface area contributed by atoms with Crippen LogP contribution in [0.5, 0.6) is 5.75 Å². The van der Waals surface area contributed by atoms with Gasteiger partial charge < -0.3 is 14.6 Å². The van der Waals surface area contributed by atoms with Crippen LogP contribution in [0.3, 0.4) is 0 Å². The summed E-state index contributed by atoms with van der Waals surface area (Å²) in [6.45, 7) is 4.74. The van der Waals surface area contributed by atoms with Crippen molar-refractivity contribution in [1.29, 1.82) is 0 Å². The average Bonchev–Trinajstić information content (AvgIpc) is 3.42. The predicted octanol–water partition coefficient (Wildman–Crippen LogP) is 4.50. The lowest BCUT2D eigenvalue weighted by atomic mass is 10.2. The van der Waals surface area contributed by atoms with Gasteiger partial charge in [0.25, 0.3) is 0 Å². The van der Waals surface area contributed by atoms with Crippen LogP contribution >= 0.6 is 11.8 Å². The quantitative estimate of drug-likeness (QED) is 0.346. The Balaban J connectivity index is 1.45. The van der Waals surface area contributed by atoms with Crippen LogP contribution in [0.4, 0.5) is 5.82 Å². The number of hydrogen-bond donors (Lipinski definition) is 1. The molecule has 2 aromatic carbocycles. The Morgan fingerprint density at radius 3 is 2.58 bits per heavy atom. The molecule has 2 aromatic heterocycles. The zero-order valence-electron chi connectivity index (χ0n) is 18.5. The summed E-state index contributed by atoms with van der Waals surface area (Å²) in [4.78, 5) is 12.3. The van der Waals surface area contributed by atoms with Crippen molar-refractivity contribution in [2.45, 2.75) is 38.6 Å². The number of carbonyl (C=O) groups is 1. The molecule has 0 saturated carbocycles. The fourth-order valence-electron chi connectivity index (χ4n) is 3.16. The van der Waals surface area contributed by atoms with Gasteiger partial charge in [-0.3, -0.25) is 9.36 Å². The van der Waals surface area contributed by atoms with Crippen molar-refractivity contribution in [3.05, 3.63) is 83.4 Å². The fourth-order valence-corrected chi connectivity index (χ4v) is 3.92. The minimum atomic E-state index is -0.198. The first-order valence-corrected chi connectivity index (χ1v) is 11.6. The first kappa shape index (κ1) is 22.6.